The number of benzene rings is 2. The van der Waals surface area contributed by atoms with E-state index in [9.17, 15) is 8.78 Å². The molecule has 2 aromatic rings. The van der Waals surface area contributed by atoms with Crippen molar-refractivity contribution in [3.05, 3.63) is 70.3 Å². The lowest BCUT2D eigenvalue weighted by Gasteiger charge is -2.21. The Morgan fingerprint density at radius 1 is 0.947 bits per heavy atom. The monoisotopic (exact) mass is 261 g/mol. The van der Waals surface area contributed by atoms with Crippen molar-refractivity contribution in [2.75, 3.05) is 7.05 Å². The van der Waals surface area contributed by atoms with E-state index in [0.717, 1.165) is 11.1 Å². The first-order valence-electron chi connectivity index (χ1n) is 6.23. The van der Waals surface area contributed by atoms with Crippen LogP contribution in [0.4, 0.5) is 8.78 Å². The van der Waals surface area contributed by atoms with Crippen molar-refractivity contribution in [3.8, 4) is 0 Å². The maximum Gasteiger partial charge on any atom is 0.134 e. The van der Waals surface area contributed by atoms with E-state index < -0.39 is 17.7 Å². The van der Waals surface area contributed by atoms with Gasteiger partial charge in [-0.1, -0.05) is 30.3 Å². The van der Waals surface area contributed by atoms with Crippen LogP contribution in [0.25, 0.3) is 0 Å². The van der Waals surface area contributed by atoms with Gasteiger partial charge in [0.05, 0.1) is 6.04 Å². The highest BCUT2D eigenvalue weighted by molar-refractivity contribution is 5.39. The van der Waals surface area contributed by atoms with Crippen LogP contribution < -0.4 is 5.32 Å². The number of hydrogen-bond acceptors (Lipinski definition) is 1. The SMILES string of the molecule is CNC(c1ccccc1C)c1c(F)ccc(C)c1F. The van der Waals surface area contributed by atoms with Crippen molar-refractivity contribution in [2.45, 2.75) is 19.9 Å². The molecular weight excluding hydrogens is 244 g/mol. The van der Waals surface area contributed by atoms with Gasteiger partial charge in [0.1, 0.15) is 11.6 Å². The molecule has 0 aromatic heterocycles. The van der Waals surface area contributed by atoms with Crippen LogP contribution in [0, 0.1) is 25.5 Å². The van der Waals surface area contributed by atoms with Gasteiger partial charge in [0.25, 0.3) is 0 Å². The lowest BCUT2D eigenvalue weighted by atomic mass is 9.93. The quantitative estimate of drug-likeness (QED) is 0.883. The third kappa shape index (κ3) is 2.51. The third-order valence-electron chi connectivity index (χ3n) is 3.40. The summed E-state index contributed by atoms with van der Waals surface area (Å²) in [6.45, 7) is 3.58. The van der Waals surface area contributed by atoms with Crippen LogP contribution in [0.1, 0.15) is 28.3 Å². The molecule has 1 unspecified atom stereocenters. The number of aryl methyl sites for hydroxylation is 2. The molecule has 0 spiro atoms. The number of nitrogens with one attached hydrogen (secondary N) is 1. The van der Waals surface area contributed by atoms with Crippen LogP contribution in [-0.2, 0) is 0 Å². The van der Waals surface area contributed by atoms with Gasteiger partial charge in [0.2, 0.25) is 0 Å². The van der Waals surface area contributed by atoms with E-state index in [2.05, 4.69) is 5.32 Å². The molecule has 0 aliphatic heterocycles. The molecule has 0 aliphatic carbocycles. The molecule has 100 valence electrons. The highest BCUT2D eigenvalue weighted by Crippen LogP contribution is 2.29. The normalized spacial score (nSPS) is 12.5. The Labute approximate surface area is 112 Å². The number of hydrogen-bond donors (Lipinski definition) is 1. The summed E-state index contributed by atoms with van der Waals surface area (Å²) in [7, 11) is 1.71. The Hall–Kier alpha value is -1.74. The molecule has 3 heteroatoms. The van der Waals surface area contributed by atoms with Crippen LogP contribution in [0.3, 0.4) is 0 Å². The summed E-state index contributed by atoms with van der Waals surface area (Å²) < 4.78 is 28.2. The molecule has 1 N–H and O–H groups in total. The summed E-state index contributed by atoms with van der Waals surface area (Å²) in [5.74, 6) is -1.01. The summed E-state index contributed by atoms with van der Waals surface area (Å²) in [6, 6.07) is 9.89. The van der Waals surface area contributed by atoms with Gasteiger partial charge >= 0.3 is 0 Å². The maximum atomic E-state index is 14.2. The van der Waals surface area contributed by atoms with E-state index in [1.54, 1.807) is 14.0 Å². The fourth-order valence-electron chi connectivity index (χ4n) is 2.31. The smallest absolute Gasteiger partial charge is 0.134 e. The van der Waals surface area contributed by atoms with E-state index >= 15 is 0 Å². The molecule has 19 heavy (non-hydrogen) atoms. The second-order valence-corrected chi connectivity index (χ2v) is 4.67. The molecule has 0 saturated heterocycles. The second-order valence-electron chi connectivity index (χ2n) is 4.67. The minimum absolute atomic E-state index is 0.0804. The van der Waals surface area contributed by atoms with Gasteiger partial charge in [-0.3, -0.25) is 0 Å². The van der Waals surface area contributed by atoms with Crippen molar-refractivity contribution in [1.82, 2.24) is 5.32 Å². The Balaban J connectivity index is 2.61. The Morgan fingerprint density at radius 3 is 2.26 bits per heavy atom. The second kappa shape index (κ2) is 5.49. The van der Waals surface area contributed by atoms with Gasteiger partial charge < -0.3 is 5.32 Å². The van der Waals surface area contributed by atoms with E-state index in [0.29, 0.717) is 5.56 Å². The van der Waals surface area contributed by atoms with E-state index in [-0.39, 0.29) is 5.56 Å². The summed E-state index contributed by atoms with van der Waals surface area (Å²) in [4.78, 5) is 0. The predicted octanol–water partition coefficient (Wildman–Crippen LogP) is 3.89. The summed E-state index contributed by atoms with van der Waals surface area (Å²) in [6.07, 6.45) is 0. The fourth-order valence-corrected chi connectivity index (χ4v) is 2.31. The standard InChI is InChI=1S/C16H17F2N/c1-10-6-4-5-7-12(10)16(19-3)14-13(17)9-8-11(2)15(14)18/h4-9,16,19H,1-3H3. The van der Waals surface area contributed by atoms with Crippen LogP contribution >= 0.6 is 0 Å². The Kier molecular flexibility index (Phi) is 3.96. The molecule has 2 rings (SSSR count). The van der Waals surface area contributed by atoms with Gasteiger partial charge in [0.15, 0.2) is 0 Å². The van der Waals surface area contributed by atoms with Gasteiger partial charge in [-0.05, 0) is 43.7 Å². The zero-order valence-corrected chi connectivity index (χ0v) is 11.3. The van der Waals surface area contributed by atoms with Crippen LogP contribution in [0.15, 0.2) is 36.4 Å². The first kappa shape index (κ1) is 13.7. The van der Waals surface area contributed by atoms with Crippen molar-refractivity contribution >= 4 is 0 Å². The molecule has 0 radical (unpaired) electrons. The predicted molar refractivity (Wildman–Crippen MR) is 73.2 cm³/mol. The Bertz CT molecular complexity index is 593. The van der Waals surface area contributed by atoms with Gasteiger partial charge in [0, 0.05) is 5.56 Å². The van der Waals surface area contributed by atoms with E-state index in [1.165, 1.54) is 12.1 Å². The zero-order chi connectivity index (χ0) is 14.0. The van der Waals surface area contributed by atoms with Gasteiger partial charge in [-0.2, -0.15) is 0 Å². The molecule has 2 aromatic carbocycles. The molecule has 0 saturated carbocycles. The third-order valence-corrected chi connectivity index (χ3v) is 3.40. The molecule has 0 aliphatic rings. The Morgan fingerprint density at radius 2 is 1.63 bits per heavy atom. The van der Waals surface area contributed by atoms with Crippen LogP contribution in [0.2, 0.25) is 0 Å². The summed E-state index contributed by atoms with van der Waals surface area (Å²) in [5, 5.41) is 3.00. The average Bonchev–Trinajstić information content (AvgIpc) is 2.40. The van der Waals surface area contributed by atoms with Gasteiger partial charge in [-0.25, -0.2) is 8.78 Å². The molecule has 0 amide bonds. The van der Waals surface area contributed by atoms with E-state index in [4.69, 9.17) is 0 Å². The molecule has 0 fully saturated rings. The molecule has 1 atom stereocenters. The van der Waals surface area contributed by atoms with Crippen molar-refractivity contribution in [1.29, 1.82) is 0 Å². The highest BCUT2D eigenvalue weighted by Gasteiger charge is 2.22. The minimum Gasteiger partial charge on any atom is -0.309 e. The fraction of sp³-hybridized carbons (Fsp3) is 0.250. The molecule has 1 nitrogen and oxygen atoms in total. The van der Waals surface area contributed by atoms with Crippen molar-refractivity contribution < 1.29 is 8.78 Å². The van der Waals surface area contributed by atoms with Gasteiger partial charge in [-0.15, -0.1) is 0 Å². The molecule has 0 bridgehead atoms. The summed E-state index contributed by atoms with van der Waals surface area (Å²) >= 11 is 0. The number of rotatable bonds is 3. The van der Waals surface area contributed by atoms with Crippen molar-refractivity contribution in [2.24, 2.45) is 0 Å². The largest absolute Gasteiger partial charge is 0.309 e. The number of halogens is 2. The lowest BCUT2D eigenvalue weighted by molar-refractivity contribution is 0.517. The van der Waals surface area contributed by atoms with E-state index in [1.807, 2.05) is 31.2 Å². The first-order chi connectivity index (χ1) is 9.06. The maximum absolute atomic E-state index is 14.2. The molecular formula is C16H17F2N. The zero-order valence-electron chi connectivity index (χ0n) is 11.3. The van der Waals surface area contributed by atoms with Crippen LogP contribution in [0.5, 0.6) is 0 Å². The topological polar surface area (TPSA) is 12.0 Å². The highest BCUT2D eigenvalue weighted by atomic mass is 19.1. The molecule has 0 heterocycles. The summed E-state index contributed by atoms with van der Waals surface area (Å²) in [5.41, 5.74) is 2.41. The first-order valence-corrected chi connectivity index (χ1v) is 6.23. The minimum atomic E-state index is -0.522. The van der Waals surface area contributed by atoms with Crippen LogP contribution in [-0.4, -0.2) is 7.05 Å². The lowest BCUT2D eigenvalue weighted by Crippen LogP contribution is -2.21. The van der Waals surface area contributed by atoms with Crippen molar-refractivity contribution in [3.63, 3.8) is 0 Å². The average molecular weight is 261 g/mol.